The molecule has 0 saturated heterocycles. The second kappa shape index (κ2) is 4.55. The molecular weight excluding hydrogens is 272 g/mol. The van der Waals surface area contributed by atoms with Gasteiger partial charge in [0.05, 0.1) is 0 Å². The first kappa shape index (κ1) is 14.7. The van der Waals surface area contributed by atoms with Crippen LogP contribution in [0, 0.1) is 34.5 Å². The second-order valence-electron chi connectivity index (χ2n) is 8.96. The van der Waals surface area contributed by atoms with Gasteiger partial charge in [0.25, 0.3) is 0 Å². The van der Waals surface area contributed by atoms with E-state index in [1.165, 1.54) is 12.0 Å². The highest BCUT2D eigenvalue weighted by molar-refractivity contribution is 5.87. The highest BCUT2D eigenvalue weighted by Gasteiger charge is 2.60. The van der Waals surface area contributed by atoms with Crippen molar-refractivity contribution in [1.29, 1.82) is 0 Å². The zero-order valence-corrected chi connectivity index (χ0v) is 14.0. The topological polar surface area (TPSA) is 34.1 Å². The van der Waals surface area contributed by atoms with Gasteiger partial charge < -0.3 is 0 Å². The average molecular weight is 300 g/mol. The fourth-order valence-corrected chi connectivity index (χ4v) is 6.81. The summed E-state index contributed by atoms with van der Waals surface area (Å²) < 4.78 is 0. The Balaban J connectivity index is 1.71. The van der Waals surface area contributed by atoms with Crippen LogP contribution in [0.5, 0.6) is 0 Å². The molecule has 0 aromatic carbocycles. The Morgan fingerprint density at radius 1 is 1.00 bits per heavy atom. The molecule has 0 heterocycles. The molecule has 2 heteroatoms. The first-order valence-corrected chi connectivity index (χ1v) is 9.09. The first-order chi connectivity index (χ1) is 10.4. The van der Waals surface area contributed by atoms with Gasteiger partial charge >= 0.3 is 0 Å². The minimum Gasteiger partial charge on any atom is -0.300 e. The summed E-state index contributed by atoms with van der Waals surface area (Å²) in [5.74, 6) is 3.22. The van der Waals surface area contributed by atoms with E-state index in [0.29, 0.717) is 35.2 Å². The third kappa shape index (κ3) is 1.73. The largest absolute Gasteiger partial charge is 0.300 e. The lowest BCUT2D eigenvalue weighted by Crippen LogP contribution is -2.54. The molecule has 0 radical (unpaired) electrons. The molecule has 4 saturated carbocycles. The van der Waals surface area contributed by atoms with Gasteiger partial charge in [0.15, 0.2) is 0 Å². The van der Waals surface area contributed by atoms with Crippen LogP contribution in [-0.2, 0) is 9.59 Å². The van der Waals surface area contributed by atoms with Crippen molar-refractivity contribution < 1.29 is 9.59 Å². The SMILES string of the molecule is C=C1CC2C3CCC(=O)[C@@]3(C)CCC2[C@@]2(C)CCC(=O)C[C@H]12. The fraction of sp³-hybridized carbons (Fsp3) is 0.800. The minimum atomic E-state index is -0.0604. The lowest BCUT2D eigenvalue weighted by atomic mass is 9.44. The zero-order chi connectivity index (χ0) is 15.7. The number of hydrogen-bond donors (Lipinski definition) is 0. The number of rotatable bonds is 0. The van der Waals surface area contributed by atoms with Gasteiger partial charge in [-0.3, -0.25) is 9.59 Å². The Bertz CT molecular complexity index is 562. The zero-order valence-electron chi connectivity index (χ0n) is 14.0. The fourth-order valence-electron chi connectivity index (χ4n) is 6.81. The summed E-state index contributed by atoms with van der Waals surface area (Å²) in [6.45, 7) is 9.04. The van der Waals surface area contributed by atoms with E-state index in [2.05, 4.69) is 20.4 Å². The third-order valence-electron chi connectivity index (χ3n) is 8.15. The van der Waals surface area contributed by atoms with Crippen molar-refractivity contribution in [1.82, 2.24) is 0 Å². The van der Waals surface area contributed by atoms with Crippen LogP contribution in [0.3, 0.4) is 0 Å². The molecule has 3 unspecified atom stereocenters. The van der Waals surface area contributed by atoms with E-state index < -0.39 is 0 Å². The van der Waals surface area contributed by atoms with Crippen LogP contribution in [0.25, 0.3) is 0 Å². The summed E-state index contributed by atoms with van der Waals surface area (Å²) in [5.41, 5.74) is 1.50. The smallest absolute Gasteiger partial charge is 0.139 e. The van der Waals surface area contributed by atoms with E-state index in [0.717, 1.165) is 44.9 Å². The summed E-state index contributed by atoms with van der Waals surface area (Å²) >= 11 is 0. The highest BCUT2D eigenvalue weighted by atomic mass is 16.1. The number of Topliss-reactive ketones (excluding diaryl/α,β-unsaturated/α-hetero) is 2. The molecule has 0 aliphatic heterocycles. The van der Waals surface area contributed by atoms with E-state index in [4.69, 9.17) is 0 Å². The van der Waals surface area contributed by atoms with E-state index in [1.807, 2.05) is 0 Å². The van der Waals surface area contributed by atoms with Gasteiger partial charge in [-0.05, 0) is 61.2 Å². The lowest BCUT2D eigenvalue weighted by molar-refractivity contribution is -0.138. The van der Waals surface area contributed by atoms with Gasteiger partial charge in [-0.15, -0.1) is 0 Å². The Kier molecular flexibility index (Phi) is 3.03. The molecule has 0 aromatic rings. The van der Waals surface area contributed by atoms with Crippen molar-refractivity contribution >= 4 is 11.6 Å². The van der Waals surface area contributed by atoms with Crippen LogP contribution in [-0.4, -0.2) is 11.6 Å². The van der Waals surface area contributed by atoms with Crippen molar-refractivity contribution in [3.63, 3.8) is 0 Å². The van der Waals surface area contributed by atoms with Crippen LogP contribution in [0.2, 0.25) is 0 Å². The van der Waals surface area contributed by atoms with Crippen molar-refractivity contribution in [3.05, 3.63) is 12.2 Å². The van der Waals surface area contributed by atoms with E-state index in [1.54, 1.807) is 0 Å². The van der Waals surface area contributed by atoms with Crippen LogP contribution in [0.4, 0.5) is 0 Å². The van der Waals surface area contributed by atoms with E-state index in [9.17, 15) is 9.59 Å². The van der Waals surface area contributed by atoms with Crippen molar-refractivity contribution in [2.45, 2.75) is 65.2 Å². The maximum atomic E-state index is 12.4. The monoisotopic (exact) mass is 300 g/mol. The Morgan fingerprint density at radius 3 is 2.55 bits per heavy atom. The maximum absolute atomic E-state index is 12.4. The molecule has 4 rings (SSSR count). The Labute approximate surface area is 133 Å². The number of carbonyl (C=O) groups excluding carboxylic acids is 2. The molecule has 22 heavy (non-hydrogen) atoms. The minimum absolute atomic E-state index is 0.0604. The van der Waals surface area contributed by atoms with Crippen molar-refractivity contribution in [2.75, 3.05) is 0 Å². The van der Waals surface area contributed by atoms with Gasteiger partial charge in [0, 0.05) is 24.7 Å². The highest BCUT2D eigenvalue weighted by Crippen LogP contribution is 2.66. The van der Waals surface area contributed by atoms with Gasteiger partial charge in [0.2, 0.25) is 0 Å². The number of fused-ring (bicyclic) bond motifs is 5. The lowest BCUT2D eigenvalue weighted by Gasteiger charge is -2.59. The van der Waals surface area contributed by atoms with Gasteiger partial charge in [-0.25, -0.2) is 0 Å². The predicted molar refractivity (Wildman–Crippen MR) is 86.3 cm³/mol. The van der Waals surface area contributed by atoms with Crippen molar-refractivity contribution in [2.24, 2.45) is 34.5 Å². The molecule has 4 aliphatic carbocycles. The Hall–Kier alpha value is -0.920. The first-order valence-electron chi connectivity index (χ1n) is 9.09. The molecule has 0 N–H and O–H groups in total. The number of hydrogen-bond acceptors (Lipinski definition) is 2. The maximum Gasteiger partial charge on any atom is 0.139 e. The second-order valence-corrected chi connectivity index (χ2v) is 8.96. The number of carbonyl (C=O) groups is 2. The molecule has 0 amide bonds. The number of allylic oxidation sites excluding steroid dienone is 1. The van der Waals surface area contributed by atoms with Crippen LogP contribution < -0.4 is 0 Å². The number of ketones is 2. The van der Waals surface area contributed by atoms with Crippen LogP contribution in [0.15, 0.2) is 12.2 Å². The molecule has 0 aromatic heterocycles. The molecule has 120 valence electrons. The quantitative estimate of drug-likeness (QED) is 0.624. The van der Waals surface area contributed by atoms with Gasteiger partial charge in [0.1, 0.15) is 11.6 Å². The molecule has 4 aliphatic rings. The average Bonchev–Trinajstić information content (AvgIpc) is 2.77. The molecule has 0 bridgehead atoms. The summed E-state index contributed by atoms with van der Waals surface area (Å²) in [4.78, 5) is 24.4. The predicted octanol–water partition coefficient (Wildman–Crippen LogP) is 4.33. The van der Waals surface area contributed by atoms with Crippen molar-refractivity contribution in [3.8, 4) is 0 Å². The van der Waals surface area contributed by atoms with E-state index in [-0.39, 0.29) is 10.8 Å². The summed E-state index contributed by atoms with van der Waals surface area (Å²) in [6.07, 6.45) is 7.70. The Morgan fingerprint density at radius 2 is 1.77 bits per heavy atom. The third-order valence-corrected chi connectivity index (χ3v) is 8.15. The molecule has 6 atom stereocenters. The molecule has 4 fully saturated rings. The van der Waals surface area contributed by atoms with Crippen LogP contribution in [0.1, 0.15) is 65.2 Å². The summed E-state index contributed by atoms with van der Waals surface area (Å²) in [6, 6.07) is 0. The van der Waals surface area contributed by atoms with Crippen LogP contribution >= 0.6 is 0 Å². The molecule has 2 nitrogen and oxygen atoms in total. The normalized spacial score (nSPS) is 51.3. The molecular formula is C20H28O2. The molecule has 0 spiro atoms. The summed E-state index contributed by atoms with van der Waals surface area (Å²) in [5, 5.41) is 0. The van der Waals surface area contributed by atoms with Gasteiger partial charge in [-0.1, -0.05) is 26.0 Å². The van der Waals surface area contributed by atoms with Gasteiger partial charge in [-0.2, -0.15) is 0 Å². The van der Waals surface area contributed by atoms with E-state index >= 15 is 0 Å². The summed E-state index contributed by atoms with van der Waals surface area (Å²) in [7, 11) is 0. The standard InChI is InChI=1S/C20H28O2/c1-12-10-14-15-4-5-18(22)20(15,3)9-7-16(14)19(2)8-6-13(21)11-17(12)19/h14-17H,1,4-11H2,2-3H3/t14?,15?,16?,17-,19-,20+/m1/s1.